The maximum Gasteiger partial charge on any atom is 0.160 e. The Balaban J connectivity index is 1.68. The summed E-state index contributed by atoms with van der Waals surface area (Å²) in [5.74, 6) is 1.87. The number of unbranched alkanes of at least 4 members (excludes halogenated alkanes) is 1. The first-order chi connectivity index (χ1) is 9.33. The van der Waals surface area contributed by atoms with Crippen molar-refractivity contribution in [2.75, 3.05) is 13.2 Å². The predicted molar refractivity (Wildman–Crippen MR) is 79.1 cm³/mol. The van der Waals surface area contributed by atoms with Gasteiger partial charge in [0.15, 0.2) is 6.29 Å². The summed E-state index contributed by atoms with van der Waals surface area (Å²) in [6, 6.07) is 0. The van der Waals surface area contributed by atoms with Crippen LogP contribution in [0, 0.1) is 17.8 Å². The average Bonchev–Trinajstić information content (AvgIpc) is 2.47. The Kier molecular flexibility index (Phi) is 6.69. The van der Waals surface area contributed by atoms with E-state index in [1.54, 1.807) is 5.54 Å². The van der Waals surface area contributed by atoms with Crippen molar-refractivity contribution in [1.29, 1.82) is 0 Å². The summed E-state index contributed by atoms with van der Waals surface area (Å²) >= 11 is 5.65. The van der Waals surface area contributed by atoms with Crippen LogP contribution < -0.4 is 0 Å². The Morgan fingerprint density at radius 1 is 1.11 bits per heavy atom. The van der Waals surface area contributed by atoms with E-state index in [4.69, 9.17) is 21.1 Å². The lowest BCUT2D eigenvalue weighted by Gasteiger charge is -2.37. The Labute approximate surface area is 122 Å². The number of ether oxygens (including phenoxy) is 2. The van der Waals surface area contributed by atoms with Gasteiger partial charge in [0.1, 0.15) is 0 Å². The fourth-order valence-electron chi connectivity index (χ4n) is 3.20. The van der Waals surface area contributed by atoms with Crippen LogP contribution in [0.3, 0.4) is 0 Å². The molecule has 2 rings (SSSR count). The molecule has 1 aliphatic heterocycles. The highest BCUT2D eigenvalue weighted by Gasteiger charge is 2.31. The third-order valence-corrected chi connectivity index (χ3v) is 4.65. The second-order valence-electron chi connectivity index (χ2n) is 6.04. The van der Waals surface area contributed by atoms with E-state index in [1.165, 1.54) is 44.9 Å². The standard InChI is InChI=1S/C16H27ClO2/c1-2-3-4-14-11-18-16(19-12-14)15-7-5-13(6-8-15)9-10-17/h9-10,13-16H,2-8,11-12H2,1H3/b10-9+/t13-,14-,15-,16-. The lowest BCUT2D eigenvalue weighted by molar-refractivity contribution is -0.229. The Hall–Kier alpha value is -0.0500. The van der Waals surface area contributed by atoms with E-state index in [1.807, 2.05) is 0 Å². The van der Waals surface area contributed by atoms with Crippen molar-refractivity contribution in [3.63, 3.8) is 0 Å². The zero-order valence-corrected chi connectivity index (χ0v) is 12.8. The van der Waals surface area contributed by atoms with Crippen molar-refractivity contribution >= 4 is 11.6 Å². The fourth-order valence-corrected chi connectivity index (χ4v) is 3.41. The highest BCUT2D eigenvalue weighted by Crippen LogP contribution is 2.34. The first-order valence-electron chi connectivity index (χ1n) is 7.83. The molecule has 0 aromatic rings. The molecule has 0 aromatic carbocycles. The van der Waals surface area contributed by atoms with Gasteiger partial charge < -0.3 is 9.47 Å². The maximum atomic E-state index is 5.96. The minimum Gasteiger partial charge on any atom is -0.352 e. The fraction of sp³-hybridized carbons (Fsp3) is 0.875. The van der Waals surface area contributed by atoms with Crippen LogP contribution in [0.25, 0.3) is 0 Å². The quantitative estimate of drug-likeness (QED) is 0.728. The lowest BCUT2D eigenvalue weighted by Crippen LogP contribution is -2.38. The summed E-state index contributed by atoms with van der Waals surface area (Å²) in [7, 11) is 0. The molecule has 2 nitrogen and oxygen atoms in total. The van der Waals surface area contributed by atoms with Gasteiger partial charge in [-0.15, -0.1) is 0 Å². The molecule has 1 saturated carbocycles. The molecular formula is C16H27ClO2. The maximum absolute atomic E-state index is 5.96. The van der Waals surface area contributed by atoms with Gasteiger partial charge in [-0.25, -0.2) is 0 Å². The van der Waals surface area contributed by atoms with Gasteiger partial charge in [-0.1, -0.05) is 37.4 Å². The van der Waals surface area contributed by atoms with Gasteiger partial charge in [-0.2, -0.15) is 0 Å². The van der Waals surface area contributed by atoms with Crippen LogP contribution in [0.4, 0.5) is 0 Å². The summed E-state index contributed by atoms with van der Waals surface area (Å²) in [5, 5.41) is 0. The highest BCUT2D eigenvalue weighted by atomic mass is 35.5. The van der Waals surface area contributed by atoms with E-state index < -0.39 is 0 Å². The molecule has 0 spiro atoms. The van der Waals surface area contributed by atoms with Crippen molar-refractivity contribution in [2.45, 2.75) is 58.2 Å². The monoisotopic (exact) mass is 286 g/mol. The topological polar surface area (TPSA) is 18.5 Å². The largest absolute Gasteiger partial charge is 0.352 e. The van der Waals surface area contributed by atoms with E-state index in [0.29, 0.717) is 17.8 Å². The first-order valence-corrected chi connectivity index (χ1v) is 8.27. The molecule has 1 aliphatic carbocycles. The average molecular weight is 287 g/mol. The van der Waals surface area contributed by atoms with Crippen LogP contribution in [-0.4, -0.2) is 19.5 Å². The molecule has 3 heteroatoms. The van der Waals surface area contributed by atoms with Gasteiger partial charge in [0.25, 0.3) is 0 Å². The number of hydrogen-bond donors (Lipinski definition) is 0. The van der Waals surface area contributed by atoms with Gasteiger partial charge in [-0.3, -0.25) is 0 Å². The van der Waals surface area contributed by atoms with Gasteiger partial charge in [0.2, 0.25) is 0 Å². The van der Waals surface area contributed by atoms with E-state index in [-0.39, 0.29) is 6.29 Å². The van der Waals surface area contributed by atoms with Gasteiger partial charge in [0, 0.05) is 17.4 Å². The Morgan fingerprint density at radius 2 is 1.79 bits per heavy atom. The molecule has 1 saturated heterocycles. The minimum absolute atomic E-state index is 0.0545. The molecule has 0 amide bonds. The van der Waals surface area contributed by atoms with Crippen molar-refractivity contribution in [2.24, 2.45) is 17.8 Å². The summed E-state index contributed by atoms with van der Waals surface area (Å²) in [5.41, 5.74) is 1.66. The molecule has 0 radical (unpaired) electrons. The minimum atomic E-state index is 0.0545. The predicted octanol–water partition coefficient (Wildman–Crippen LogP) is 4.72. The number of allylic oxidation sites excluding steroid dienone is 1. The van der Waals surface area contributed by atoms with Crippen LogP contribution >= 0.6 is 11.6 Å². The molecule has 0 atom stereocenters. The molecule has 0 aromatic heterocycles. The van der Waals surface area contributed by atoms with Crippen molar-refractivity contribution in [3.05, 3.63) is 11.6 Å². The Bertz CT molecular complexity index is 264. The van der Waals surface area contributed by atoms with E-state index in [2.05, 4.69) is 13.0 Å². The molecule has 19 heavy (non-hydrogen) atoms. The van der Waals surface area contributed by atoms with Crippen LogP contribution in [0.1, 0.15) is 51.9 Å². The van der Waals surface area contributed by atoms with Crippen LogP contribution in [0.2, 0.25) is 0 Å². The zero-order valence-electron chi connectivity index (χ0n) is 12.0. The summed E-state index contributed by atoms with van der Waals surface area (Å²) in [6.45, 7) is 4.03. The summed E-state index contributed by atoms with van der Waals surface area (Å²) in [6.07, 6.45) is 10.8. The van der Waals surface area contributed by atoms with Gasteiger partial charge >= 0.3 is 0 Å². The number of rotatable bonds is 5. The molecule has 1 heterocycles. The van der Waals surface area contributed by atoms with E-state index in [0.717, 1.165) is 13.2 Å². The number of halogens is 1. The highest BCUT2D eigenvalue weighted by molar-refractivity contribution is 6.25. The SMILES string of the molecule is CCCC[C@H]1CO[C@H]([C@H]2CC[C@H](/C=C/Cl)CC2)OC1. The van der Waals surface area contributed by atoms with E-state index in [9.17, 15) is 0 Å². The molecule has 0 bridgehead atoms. The third kappa shape index (κ3) is 4.77. The molecule has 110 valence electrons. The molecule has 0 unspecified atom stereocenters. The summed E-state index contributed by atoms with van der Waals surface area (Å²) < 4.78 is 11.9. The Morgan fingerprint density at radius 3 is 2.37 bits per heavy atom. The molecule has 2 aliphatic rings. The zero-order chi connectivity index (χ0) is 13.5. The molecular weight excluding hydrogens is 260 g/mol. The van der Waals surface area contributed by atoms with Crippen LogP contribution in [0.15, 0.2) is 11.6 Å². The van der Waals surface area contributed by atoms with Gasteiger partial charge in [0.05, 0.1) is 13.2 Å². The smallest absolute Gasteiger partial charge is 0.160 e. The van der Waals surface area contributed by atoms with Crippen LogP contribution in [-0.2, 0) is 9.47 Å². The van der Waals surface area contributed by atoms with Crippen LogP contribution in [0.5, 0.6) is 0 Å². The lowest BCUT2D eigenvalue weighted by atomic mass is 9.81. The van der Waals surface area contributed by atoms with Gasteiger partial charge in [-0.05, 0) is 38.0 Å². The first kappa shape index (κ1) is 15.3. The van der Waals surface area contributed by atoms with Crippen molar-refractivity contribution < 1.29 is 9.47 Å². The van der Waals surface area contributed by atoms with Crippen molar-refractivity contribution in [3.8, 4) is 0 Å². The number of hydrogen-bond acceptors (Lipinski definition) is 2. The van der Waals surface area contributed by atoms with E-state index >= 15 is 0 Å². The van der Waals surface area contributed by atoms with Crippen molar-refractivity contribution in [1.82, 2.24) is 0 Å². The molecule has 2 fully saturated rings. The molecule has 0 N–H and O–H groups in total. The second kappa shape index (κ2) is 8.28. The summed E-state index contributed by atoms with van der Waals surface area (Å²) in [4.78, 5) is 0. The second-order valence-corrected chi connectivity index (χ2v) is 6.29. The normalized spacial score (nSPS) is 36.7. The third-order valence-electron chi connectivity index (χ3n) is 4.50.